The predicted molar refractivity (Wildman–Crippen MR) is 103 cm³/mol. The molecule has 0 unspecified atom stereocenters. The summed E-state index contributed by atoms with van der Waals surface area (Å²) in [6.45, 7) is 2.36. The van der Waals surface area contributed by atoms with E-state index in [9.17, 15) is 0 Å². The predicted octanol–water partition coefficient (Wildman–Crippen LogP) is 5.26. The Morgan fingerprint density at radius 1 is 0.720 bits per heavy atom. The van der Waals surface area contributed by atoms with Crippen LogP contribution in [0.3, 0.4) is 0 Å². The summed E-state index contributed by atoms with van der Waals surface area (Å²) >= 11 is 0. The Hall–Kier alpha value is -3.00. The van der Waals surface area contributed by atoms with Gasteiger partial charge in [0.25, 0.3) is 0 Å². The number of benzene rings is 3. The molecule has 0 fully saturated rings. The molecule has 0 spiro atoms. The van der Waals surface area contributed by atoms with E-state index in [0.29, 0.717) is 6.61 Å². The van der Waals surface area contributed by atoms with Crippen molar-refractivity contribution in [2.24, 2.45) is 0 Å². The number of fused-ring (bicyclic) bond motifs is 1. The van der Waals surface area contributed by atoms with Gasteiger partial charge in [-0.15, -0.1) is 0 Å². The SMILES string of the molecule is C1=C(OCc2ccccc2)c2ccccc2N(Cc2ccccc2)C1. The van der Waals surface area contributed by atoms with Crippen LogP contribution >= 0.6 is 0 Å². The Balaban J connectivity index is 1.53. The molecule has 1 aliphatic heterocycles. The number of hydrogen-bond acceptors (Lipinski definition) is 2. The molecule has 1 heterocycles. The highest BCUT2D eigenvalue weighted by Crippen LogP contribution is 2.33. The highest BCUT2D eigenvalue weighted by atomic mass is 16.5. The van der Waals surface area contributed by atoms with Crippen molar-refractivity contribution < 1.29 is 4.74 Å². The van der Waals surface area contributed by atoms with Crippen molar-refractivity contribution in [3.05, 3.63) is 108 Å². The summed E-state index contributed by atoms with van der Waals surface area (Å²) in [5.41, 5.74) is 4.91. The van der Waals surface area contributed by atoms with E-state index in [4.69, 9.17) is 4.74 Å². The molecule has 0 aromatic heterocycles. The third-order valence-electron chi connectivity index (χ3n) is 4.46. The Kier molecular flexibility index (Phi) is 4.51. The molecule has 2 heteroatoms. The average molecular weight is 327 g/mol. The molecule has 0 saturated carbocycles. The summed E-state index contributed by atoms with van der Waals surface area (Å²) in [7, 11) is 0. The van der Waals surface area contributed by atoms with Gasteiger partial charge in [0.1, 0.15) is 12.4 Å². The van der Waals surface area contributed by atoms with Crippen LogP contribution in [-0.2, 0) is 17.9 Å². The van der Waals surface area contributed by atoms with Gasteiger partial charge in [0.05, 0.1) is 0 Å². The lowest BCUT2D eigenvalue weighted by atomic mass is 10.0. The Bertz CT molecular complexity index is 856. The number of hydrogen-bond donors (Lipinski definition) is 0. The first-order chi connectivity index (χ1) is 12.4. The van der Waals surface area contributed by atoms with Gasteiger partial charge in [-0.25, -0.2) is 0 Å². The Morgan fingerprint density at radius 2 is 1.36 bits per heavy atom. The minimum absolute atomic E-state index is 0.597. The zero-order valence-corrected chi connectivity index (χ0v) is 14.1. The van der Waals surface area contributed by atoms with Crippen LogP contribution in [0.25, 0.3) is 5.76 Å². The molecule has 2 nitrogen and oxygen atoms in total. The fourth-order valence-electron chi connectivity index (χ4n) is 3.18. The number of ether oxygens (including phenoxy) is 1. The van der Waals surface area contributed by atoms with Crippen LogP contribution in [0, 0.1) is 0 Å². The lowest BCUT2D eigenvalue weighted by Gasteiger charge is -2.30. The summed E-state index contributed by atoms with van der Waals surface area (Å²) in [6, 6.07) is 29.4. The first kappa shape index (κ1) is 15.5. The van der Waals surface area contributed by atoms with Crippen molar-refractivity contribution in [3.8, 4) is 0 Å². The Morgan fingerprint density at radius 3 is 2.12 bits per heavy atom. The van der Waals surface area contributed by atoms with Gasteiger partial charge in [-0.1, -0.05) is 72.8 Å². The second-order valence-electron chi connectivity index (χ2n) is 6.23. The maximum Gasteiger partial charge on any atom is 0.126 e. The highest BCUT2D eigenvalue weighted by Gasteiger charge is 2.19. The van der Waals surface area contributed by atoms with Crippen LogP contribution in [0.15, 0.2) is 91.0 Å². The van der Waals surface area contributed by atoms with Gasteiger partial charge in [-0.3, -0.25) is 0 Å². The van der Waals surface area contributed by atoms with Crippen LogP contribution in [0.4, 0.5) is 5.69 Å². The molecule has 0 radical (unpaired) electrons. The molecule has 3 aromatic carbocycles. The number of para-hydroxylation sites is 1. The lowest BCUT2D eigenvalue weighted by molar-refractivity contribution is 0.263. The van der Waals surface area contributed by atoms with Crippen molar-refractivity contribution in [2.45, 2.75) is 13.2 Å². The summed E-state index contributed by atoms with van der Waals surface area (Å²) in [4.78, 5) is 2.39. The molecule has 4 rings (SSSR count). The summed E-state index contributed by atoms with van der Waals surface area (Å²) in [5, 5.41) is 0. The molecule has 0 atom stereocenters. The molecule has 0 amide bonds. The van der Waals surface area contributed by atoms with Gasteiger partial charge in [-0.05, 0) is 29.3 Å². The molecular formula is C23H21NO. The summed E-state index contributed by atoms with van der Waals surface area (Å²) in [6.07, 6.45) is 2.19. The number of rotatable bonds is 5. The van der Waals surface area contributed by atoms with E-state index in [1.807, 2.05) is 18.2 Å². The van der Waals surface area contributed by atoms with Gasteiger partial charge >= 0.3 is 0 Å². The molecule has 124 valence electrons. The largest absolute Gasteiger partial charge is 0.488 e. The average Bonchev–Trinajstić information content (AvgIpc) is 2.69. The monoisotopic (exact) mass is 327 g/mol. The van der Waals surface area contributed by atoms with E-state index in [1.54, 1.807) is 0 Å². The first-order valence-corrected chi connectivity index (χ1v) is 8.65. The van der Waals surface area contributed by atoms with Crippen LogP contribution < -0.4 is 4.90 Å². The minimum Gasteiger partial charge on any atom is -0.488 e. The van der Waals surface area contributed by atoms with Crippen LogP contribution in [0.1, 0.15) is 16.7 Å². The smallest absolute Gasteiger partial charge is 0.126 e. The van der Waals surface area contributed by atoms with E-state index >= 15 is 0 Å². The molecular weight excluding hydrogens is 306 g/mol. The normalized spacial score (nSPS) is 13.1. The zero-order valence-electron chi connectivity index (χ0n) is 14.1. The van der Waals surface area contributed by atoms with Crippen LogP contribution in [-0.4, -0.2) is 6.54 Å². The number of nitrogens with zero attached hydrogens (tertiary/aromatic N) is 1. The molecule has 25 heavy (non-hydrogen) atoms. The topological polar surface area (TPSA) is 12.5 Å². The number of anilines is 1. The molecule has 3 aromatic rings. The fourth-order valence-corrected chi connectivity index (χ4v) is 3.18. The van der Waals surface area contributed by atoms with Gasteiger partial charge in [0, 0.05) is 24.3 Å². The van der Waals surface area contributed by atoms with Gasteiger partial charge in [0.2, 0.25) is 0 Å². The van der Waals surface area contributed by atoms with E-state index < -0.39 is 0 Å². The van der Waals surface area contributed by atoms with Gasteiger partial charge in [0.15, 0.2) is 0 Å². The third-order valence-corrected chi connectivity index (χ3v) is 4.46. The third kappa shape index (κ3) is 3.58. The highest BCUT2D eigenvalue weighted by molar-refractivity contribution is 5.76. The molecule has 0 aliphatic carbocycles. The van der Waals surface area contributed by atoms with Crippen molar-refractivity contribution >= 4 is 11.4 Å². The van der Waals surface area contributed by atoms with E-state index in [0.717, 1.165) is 18.8 Å². The summed E-state index contributed by atoms with van der Waals surface area (Å²) in [5.74, 6) is 0.976. The molecule has 1 aliphatic rings. The van der Waals surface area contributed by atoms with Crippen LogP contribution in [0.5, 0.6) is 0 Å². The van der Waals surface area contributed by atoms with E-state index in [-0.39, 0.29) is 0 Å². The van der Waals surface area contributed by atoms with E-state index in [1.165, 1.54) is 22.4 Å². The van der Waals surface area contributed by atoms with Crippen molar-refractivity contribution in [1.82, 2.24) is 0 Å². The molecule has 0 N–H and O–H groups in total. The fraction of sp³-hybridized carbons (Fsp3) is 0.130. The second kappa shape index (κ2) is 7.27. The Labute approximate surface area is 149 Å². The minimum atomic E-state index is 0.597. The molecule has 0 saturated heterocycles. The maximum absolute atomic E-state index is 6.13. The van der Waals surface area contributed by atoms with Crippen LogP contribution in [0.2, 0.25) is 0 Å². The molecule has 0 bridgehead atoms. The first-order valence-electron chi connectivity index (χ1n) is 8.65. The van der Waals surface area contributed by atoms with Crippen molar-refractivity contribution in [1.29, 1.82) is 0 Å². The quantitative estimate of drug-likeness (QED) is 0.633. The van der Waals surface area contributed by atoms with Gasteiger partial charge in [-0.2, -0.15) is 0 Å². The second-order valence-corrected chi connectivity index (χ2v) is 6.23. The van der Waals surface area contributed by atoms with Crippen molar-refractivity contribution in [3.63, 3.8) is 0 Å². The maximum atomic E-state index is 6.13. The lowest BCUT2D eigenvalue weighted by Crippen LogP contribution is -2.26. The standard InChI is InChI=1S/C23H21NO/c1-3-9-19(10-4-1)17-24-16-15-23(21-13-7-8-14-22(21)24)25-18-20-11-5-2-6-12-20/h1-15H,16-18H2. The summed E-state index contributed by atoms with van der Waals surface area (Å²) < 4.78 is 6.13. The van der Waals surface area contributed by atoms with E-state index in [2.05, 4.69) is 77.7 Å². The van der Waals surface area contributed by atoms with Crippen molar-refractivity contribution in [2.75, 3.05) is 11.4 Å². The van der Waals surface area contributed by atoms with Gasteiger partial charge < -0.3 is 9.64 Å². The zero-order chi connectivity index (χ0) is 16.9.